The molecule has 1 saturated heterocycles. The van der Waals surface area contributed by atoms with Gasteiger partial charge in [0, 0.05) is 19.6 Å². The second-order valence-electron chi connectivity index (χ2n) is 4.75. The molecule has 1 aliphatic heterocycles. The van der Waals surface area contributed by atoms with Crippen molar-refractivity contribution >= 4 is 11.6 Å². The molecule has 1 aromatic heterocycles. The van der Waals surface area contributed by atoms with Gasteiger partial charge in [0.15, 0.2) is 11.6 Å². The summed E-state index contributed by atoms with van der Waals surface area (Å²) in [6.45, 7) is 4.43. The normalized spacial score (nSPS) is 19.3. The first kappa shape index (κ1) is 13.9. The molecule has 1 aliphatic rings. The first-order valence-corrected chi connectivity index (χ1v) is 6.82. The number of nitrogens with zero attached hydrogens (tertiary/aromatic N) is 3. The highest BCUT2D eigenvalue weighted by molar-refractivity contribution is 5.64. The van der Waals surface area contributed by atoms with Crippen molar-refractivity contribution in [1.29, 1.82) is 0 Å². The van der Waals surface area contributed by atoms with Gasteiger partial charge in [-0.15, -0.1) is 0 Å². The van der Waals surface area contributed by atoms with Crippen LogP contribution in [0.1, 0.15) is 26.2 Å². The van der Waals surface area contributed by atoms with Gasteiger partial charge in [0.2, 0.25) is 5.75 Å². The molecule has 0 aliphatic carbocycles. The van der Waals surface area contributed by atoms with Crippen molar-refractivity contribution in [2.24, 2.45) is 0 Å². The van der Waals surface area contributed by atoms with Crippen LogP contribution in [0.2, 0.25) is 0 Å². The summed E-state index contributed by atoms with van der Waals surface area (Å²) in [6.07, 6.45) is 4.08. The molecule has 0 bridgehead atoms. The van der Waals surface area contributed by atoms with Gasteiger partial charge in [-0.3, -0.25) is 0 Å². The standard InChI is InChI=1S/C13H22N4O2/c1-3-6-14-12-11(19-2)13(16-9-15-12)17-7-4-5-10(18)8-17/h9-10,18H,3-8H2,1-2H3,(H,14,15,16). The molecule has 2 N–H and O–H groups in total. The van der Waals surface area contributed by atoms with E-state index in [1.54, 1.807) is 7.11 Å². The average molecular weight is 266 g/mol. The highest BCUT2D eigenvalue weighted by Crippen LogP contribution is 2.33. The Balaban J connectivity index is 2.23. The molecule has 2 heterocycles. The molecule has 0 saturated carbocycles. The zero-order valence-corrected chi connectivity index (χ0v) is 11.6. The molecular formula is C13H22N4O2. The van der Waals surface area contributed by atoms with Gasteiger partial charge in [-0.2, -0.15) is 0 Å². The Kier molecular flexibility index (Phi) is 4.79. The molecule has 106 valence electrons. The topological polar surface area (TPSA) is 70.5 Å². The van der Waals surface area contributed by atoms with Crippen LogP contribution in [0.3, 0.4) is 0 Å². The molecule has 6 nitrogen and oxygen atoms in total. The zero-order valence-electron chi connectivity index (χ0n) is 11.6. The maximum Gasteiger partial charge on any atom is 0.204 e. The first-order valence-electron chi connectivity index (χ1n) is 6.82. The number of aliphatic hydroxyl groups excluding tert-OH is 1. The summed E-state index contributed by atoms with van der Waals surface area (Å²) in [4.78, 5) is 10.6. The largest absolute Gasteiger partial charge is 0.490 e. The van der Waals surface area contributed by atoms with E-state index in [9.17, 15) is 5.11 Å². The minimum atomic E-state index is -0.291. The van der Waals surface area contributed by atoms with E-state index in [0.29, 0.717) is 12.3 Å². The number of nitrogens with one attached hydrogen (secondary N) is 1. The van der Waals surface area contributed by atoms with Gasteiger partial charge in [-0.25, -0.2) is 9.97 Å². The predicted octanol–water partition coefficient (Wildman–Crippen LogP) is 1.27. The molecule has 0 radical (unpaired) electrons. The smallest absolute Gasteiger partial charge is 0.204 e. The predicted molar refractivity (Wildman–Crippen MR) is 74.8 cm³/mol. The third kappa shape index (κ3) is 3.26. The Hall–Kier alpha value is -1.56. The number of ether oxygens (including phenoxy) is 1. The van der Waals surface area contributed by atoms with Gasteiger partial charge in [-0.05, 0) is 19.3 Å². The maximum absolute atomic E-state index is 9.77. The van der Waals surface area contributed by atoms with Gasteiger partial charge in [-0.1, -0.05) is 6.92 Å². The number of aromatic nitrogens is 2. The van der Waals surface area contributed by atoms with Crippen LogP contribution in [0.5, 0.6) is 5.75 Å². The van der Waals surface area contributed by atoms with Crippen LogP contribution in [0.4, 0.5) is 11.6 Å². The molecule has 0 amide bonds. The van der Waals surface area contributed by atoms with E-state index in [-0.39, 0.29) is 6.10 Å². The Morgan fingerprint density at radius 3 is 3.05 bits per heavy atom. The van der Waals surface area contributed by atoms with Crippen LogP contribution in [0, 0.1) is 0 Å². The van der Waals surface area contributed by atoms with Crippen LogP contribution >= 0.6 is 0 Å². The second-order valence-corrected chi connectivity index (χ2v) is 4.75. The van der Waals surface area contributed by atoms with E-state index < -0.39 is 0 Å². The highest BCUT2D eigenvalue weighted by atomic mass is 16.5. The molecule has 1 fully saturated rings. The van der Waals surface area contributed by atoms with Gasteiger partial charge in [0.05, 0.1) is 13.2 Å². The van der Waals surface area contributed by atoms with Crippen LogP contribution in [0.25, 0.3) is 0 Å². The number of β-amino-alcohol motifs (C(OH)–C–C–N with tert-alkyl or cyclic N) is 1. The van der Waals surface area contributed by atoms with E-state index in [1.165, 1.54) is 6.33 Å². The van der Waals surface area contributed by atoms with Crippen molar-refractivity contribution in [2.45, 2.75) is 32.3 Å². The van der Waals surface area contributed by atoms with Gasteiger partial charge >= 0.3 is 0 Å². The molecule has 0 spiro atoms. The summed E-state index contributed by atoms with van der Waals surface area (Å²) in [6, 6.07) is 0. The van der Waals surface area contributed by atoms with Crippen molar-refractivity contribution in [1.82, 2.24) is 9.97 Å². The fourth-order valence-corrected chi connectivity index (χ4v) is 2.29. The van der Waals surface area contributed by atoms with Crippen LogP contribution in [-0.2, 0) is 0 Å². The average Bonchev–Trinajstić information content (AvgIpc) is 2.44. The molecule has 1 aromatic rings. The third-order valence-corrected chi connectivity index (χ3v) is 3.23. The molecule has 6 heteroatoms. The maximum atomic E-state index is 9.77. The SMILES string of the molecule is CCCNc1ncnc(N2CCCC(O)C2)c1OC. The molecule has 0 aromatic carbocycles. The second kappa shape index (κ2) is 6.56. The van der Waals surface area contributed by atoms with Gasteiger partial charge in [0.1, 0.15) is 6.33 Å². The summed E-state index contributed by atoms with van der Waals surface area (Å²) in [5, 5.41) is 13.0. The molecule has 2 rings (SSSR count). The monoisotopic (exact) mass is 266 g/mol. The van der Waals surface area contributed by atoms with Gasteiger partial charge in [0.25, 0.3) is 0 Å². The van der Waals surface area contributed by atoms with E-state index >= 15 is 0 Å². The number of rotatable bonds is 5. The number of aliphatic hydroxyl groups is 1. The fourth-order valence-electron chi connectivity index (χ4n) is 2.29. The fraction of sp³-hybridized carbons (Fsp3) is 0.692. The van der Waals surface area contributed by atoms with Crippen LogP contribution in [0.15, 0.2) is 6.33 Å². The Morgan fingerprint density at radius 1 is 1.53 bits per heavy atom. The van der Waals surface area contributed by atoms with Crippen molar-refractivity contribution < 1.29 is 9.84 Å². The minimum absolute atomic E-state index is 0.291. The molecular weight excluding hydrogens is 244 g/mol. The zero-order chi connectivity index (χ0) is 13.7. The van der Waals surface area contributed by atoms with Crippen molar-refractivity contribution in [3.63, 3.8) is 0 Å². The highest BCUT2D eigenvalue weighted by Gasteiger charge is 2.23. The summed E-state index contributed by atoms with van der Waals surface area (Å²) >= 11 is 0. The lowest BCUT2D eigenvalue weighted by atomic mass is 10.1. The number of hydrogen-bond donors (Lipinski definition) is 2. The van der Waals surface area contributed by atoms with Gasteiger partial charge < -0.3 is 20.1 Å². The summed E-state index contributed by atoms with van der Waals surface area (Å²) in [7, 11) is 1.62. The first-order chi connectivity index (χ1) is 9.26. The van der Waals surface area contributed by atoms with Crippen molar-refractivity contribution in [3.05, 3.63) is 6.33 Å². The van der Waals surface area contributed by atoms with Crippen LogP contribution < -0.4 is 15.0 Å². The molecule has 1 atom stereocenters. The lowest BCUT2D eigenvalue weighted by Gasteiger charge is -2.32. The quantitative estimate of drug-likeness (QED) is 0.836. The Labute approximate surface area is 113 Å². The summed E-state index contributed by atoms with van der Waals surface area (Å²) in [5.41, 5.74) is 0. The van der Waals surface area contributed by atoms with E-state index in [0.717, 1.165) is 44.0 Å². The van der Waals surface area contributed by atoms with Crippen LogP contribution in [-0.4, -0.2) is 47.9 Å². The summed E-state index contributed by atoms with van der Waals surface area (Å²) < 4.78 is 5.45. The van der Waals surface area contributed by atoms with Crippen molar-refractivity contribution in [2.75, 3.05) is 37.0 Å². The summed E-state index contributed by atoms with van der Waals surface area (Å²) in [5.74, 6) is 2.13. The number of methoxy groups -OCH3 is 1. The molecule has 1 unspecified atom stereocenters. The lowest BCUT2D eigenvalue weighted by molar-refractivity contribution is 0.153. The minimum Gasteiger partial charge on any atom is -0.490 e. The number of piperidine rings is 1. The third-order valence-electron chi connectivity index (χ3n) is 3.23. The number of anilines is 2. The van der Waals surface area contributed by atoms with Crippen molar-refractivity contribution in [3.8, 4) is 5.75 Å². The lowest BCUT2D eigenvalue weighted by Crippen LogP contribution is -2.39. The Morgan fingerprint density at radius 2 is 2.37 bits per heavy atom. The van der Waals surface area contributed by atoms with E-state index in [4.69, 9.17) is 4.74 Å². The van der Waals surface area contributed by atoms with E-state index in [1.807, 2.05) is 0 Å². The Bertz CT molecular complexity index is 414. The van der Waals surface area contributed by atoms with E-state index in [2.05, 4.69) is 27.1 Å². The number of hydrogen-bond acceptors (Lipinski definition) is 6. The molecule has 19 heavy (non-hydrogen) atoms.